The molecule has 2 aromatic heterocycles. The third-order valence-corrected chi connectivity index (χ3v) is 3.55. The van der Waals surface area contributed by atoms with Crippen molar-refractivity contribution in [3.8, 4) is 5.69 Å². The lowest BCUT2D eigenvalue weighted by molar-refractivity contribution is 0.0695. The summed E-state index contributed by atoms with van der Waals surface area (Å²) in [7, 11) is 0. The molecule has 0 unspecified atom stereocenters. The summed E-state index contributed by atoms with van der Waals surface area (Å²) in [5, 5.41) is 8.83. The molecular formula is C17H9F3N2O3. The Bertz CT molecular complexity index is 1110. The highest BCUT2D eigenvalue weighted by Gasteiger charge is 2.19. The van der Waals surface area contributed by atoms with E-state index >= 15 is 0 Å². The quantitative estimate of drug-likeness (QED) is 0.791. The van der Waals surface area contributed by atoms with E-state index in [-0.39, 0.29) is 22.4 Å². The van der Waals surface area contributed by atoms with Gasteiger partial charge in [0.2, 0.25) is 5.43 Å². The van der Waals surface area contributed by atoms with E-state index in [9.17, 15) is 27.9 Å². The van der Waals surface area contributed by atoms with Crippen LogP contribution in [0.25, 0.3) is 22.8 Å². The van der Waals surface area contributed by atoms with Crippen LogP contribution in [0, 0.1) is 17.5 Å². The number of fused-ring (bicyclic) bond motifs is 1. The fourth-order valence-electron chi connectivity index (χ4n) is 2.39. The van der Waals surface area contributed by atoms with Gasteiger partial charge < -0.3 is 5.11 Å². The number of hydrogen-bond donors (Lipinski definition) is 1. The molecule has 0 atom stereocenters. The highest BCUT2D eigenvalue weighted by Crippen LogP contribution is 2.21. The van der Waals surface area contributed by atoms with Crippen molar-refractivity contribution >= 4 is 23.1 Å². The van der Waals surface area contributed by atoms with E-state index in [1.165, 1.54) is 0 Å². The van der Waals surface area contributed by atoms with Crippen molar-refractivity contribution in [3.63, 3.8) is 0 Å². The zero-order valence-electron chi connectivity index (χ0n) is 12.5. The molecule has 3 rings (SSSR count). The van der Waals surface area contributed by atoms with E-state index in [1.807, 2.05) is 0 Å². The first-order valence-electron chi connectivity index (χ1n) is 6.90. The first kappa shape index (κ1) is 16.4. The molecule has 2 heterocycles. The Hall–Kier alpha value is -3.42. The first-order valence-corrected chi connectivity index (χ1v) is 6.90. The minimum atomic E-state index is -1.57. The molecule has 0 fully saturated rings. The van der Waals surface area contributed by atoms with Gasteiger partial charge in [-0.25, -0.2) is 22.9 Å². The SMILES string of the molecule is C=Cc1nc2c(cc1F)c(=O)c(C(=O)O)cn2-c1ccc(F)cc1F. The predicted molar refractivity (Wildman–Crippen MR) is 84.3 cm³/mol. The molecule has 0 amide bonds. The Labute approximate surface area is 138 Å². The fourth-order valence-corrected chi connectivity index (χ4v) is 2.39. The average Bonchev–Trinajstić information content (AvgIpc) is 2.55. The van der Waals surface area contributed by atoms with Gasteiger partial charge in [0.15, 0.2) is 0 Å². The Balaban J connectivity index is 2.52. The second-order valence-electron chi connectivity index (χ2n) is 5.07. The molecule has 126 valence electrons. The monoisotopic (exact) mass is 346 g/mol. The van der Waals surface area contributed by atoms with Gasteiger partial charge in [0, 0.05) is 12.3 Å². The van der Waals surface area contributed by atoms with Crippen LogP contribution in [0.1, 0.15) is 16.1 Å². The van der Waals surface area contributed by atoms with Gasteiger partial charge in [-0.05, 0) is 24.3 Å². The molecule has 0 saturated carbocycles. The van der Waals surface area contributed by atoms with Crippen LogP contribution in [-0.2, 0) is 0 Å². The molecular weight excluding hydrogens is 337 g/mol. The van der Waals surface area contributed by atoms with Gasteiger partial charge in [-0.2, -0.15) is 0 Å². The van der Waals surface area contributed by atoms with Gasteiger partial charge in [0.1, 0.15) is 34.4 Å². The van der Waals surface area contributed by atoms with Gasteiger partial charge in [0.05, 0.1) is 11.1 Å². The lowest BCUT2D eigenvalue weighted by Crippen LogP contribution is -2.20. The smallest absolute Gasteiger partial charge is 0.341 e. The number of aromatic carboxylic acids is 1. The Morgan fingerprint density at radius 1 is 1.20 bits per heavy atom. The third kappa shape index (κ3) is 2.67. The summed E-state index contributed by atoms with van der Waals surface area (Å²) in [6.45, 7) is 3.39. The van der Waals surface area contributed by atoms with Crippen molar-refractivity contribution in [2.24, 2.45) is 0 Å². The second-order valence-corrected chi connectivity index (χ2v) is 5.07. The van der Waals surface area contributed by atoms with Gasteiger partial charge in [-0.1, -0.05) is 6.58 Å². The standard InChI is InChI=1S/C17H9F3N2O3/c1-2-13-11(19)6-9-15(23)10(17(24)25)7-22(16(9)21-13)14-4-3-8(18)5-12(14)20/h2-7H,1H2,(H,24,25). The first-order chi connectivity index (χ1) is 11.8. The van der Waals surface area contributed by atoms with E-state index in [0.717, 1.165) is 35.0 Å². The van der Waals surface area contributed by atoms with Crippen LogP contribution in [-0.4, -0.2) is 20.6 Å². The topological polar surface area (TPSA) is 72.2 Å². The Morgan fingerprint density at radius 3 is 2.52 bits per heavy atom. The number of carboxylic acids is 1. The lowest BCUT2D eigenvalue weighted by atomic mass is 10.1. The van der Waals surface area contributed by atoms with Gasteiger partial charge in [-0.3, -0.25) is 9.36 Å². The highest BCUT2D eigenvalue weighted by atomic mass is 19.1. The van der Waals surface area contributed by atoms with Crippen molar-refractivity contribution < 1.29 is 23.1 Å². The minimum absolute atomic E-state index is 0.184. The van der Waals surface area contributed by atoms with Crippen LogP contribution in [0.15, 0.2) is 41.8 Å². The number of rotatable bonds is 3. The molecule has 0 aliphatic rings. The van der Waals surface area contributed by atoms with Crippen molar-refractivity contribution in [3.05, 3.63) is 76.0 Å². The largest absolute Gasteiger partial charge is 0.477 e. The van der Waals surface area contributed by atoms with E-state index in [0.29, 0.717) is 6.07 Å². The van der Waals surface area contributed by atoms with Crippen LogP contribution >= 0.6 is 0 Å². The maximum Gasteiger partial charge on any atom is 0.341 e. The van der Waals surface area contributed by atoms with Crippen LogP contribution < -0.4 is 5.43 Å². The van der Waals surface area contributed by atoms with Crippen LogP contribution in [0.5, 0.6) is 0 Å². The number of benzene rings is 1. The summed E-state index contributed by atoms with van der Waals surface area (Å²) >= 11 is 0. The molecule has 0 aliphatic heterocycles. The zero-order chi connectivity index (χ0) is 18.3. The summed E-state index contributed by atoms with van der Waals surface area (Å²) < 4.78 is 42.2. The predicted octanol–water partition coefficient (Wildman–Crippen LogP) is 3.14. The number of halogens is 3. The molecule has 1 aromatic carbocycles. The molecule has 0 bridgehead atoms. The molecule has 5 nitrogen and oxygen atoms in total. The van der Waals surface area contributed by atoms with Crippen LogP contribution in [0.3, 0.4) is 0 Å². The van der Waals surface area contributed by atoms with E-state index in [4.69, 9.17) is 0 Å². The van der Waals surface area contributed by atoms with Crippen molar-refractivity contribution in [1.29, 1.82) is 0 Å². The van der Waals surface area contributed by atoms with E-state index < -0.39 is 34.4 Å². The number of carbonyl (C=O) groups is 1. The number of hydrogen-bond acceptors (Lipinski definition) is 3. The molecule has 0 spiro atoms. The van der Waals surface area contributed by atoms with Crippen LogP contribution in [0.2, 0.25) is 0 Å². The van der Waals surface area contributed by atoms with Gasteiger partial charge in [0.25, 0.3) is 0 Å². The van der Waals surface area contributed by atoms with Crippen molar-refractivity contribution in [1.82, 2.24) is 9.55 Å². The molecule has 3 aromatic rings. The van der Waals surface area contributed by atoms with Crippen LogP contribution in [0.4, 0.5) is 13.2 Å². The molecule has 8 heteroatoms. The summed E-state index contributed by atoms with van der Waals surface area (Å²) in [4.78, 5) is 27.5. The Kier molecular flexibility index (Phi) is 3.88. The second kappa shape index (κ2) is 5.90. The maximum atomic E-state index is 14.2. The molecule has 25 heavy (non-hydrogen) atoms. The number of nitrogens with zero attached hydrogens (tertiary/aromatic N) is 2. The Morgan fingerprint density at radius 2 is 1.92 bits per heavy atom. The fraction of sp³-hybridized carbons (Fsp3) is 0. The number of pyridine rings is 2. The lowest BCUT2D eigenvalue weighted by Gasteiger charge is -2.13. The highest BCUT2D eigenvalue weighted by molar-refractivity contribution is 5.92. The summed E-state index contributed by atoms with van der Waals surface area (Å²) in [5.41, 5.74) is -2.31. The normalized spacial score (nSPS) is 10.8. The van der Waals surface area contributed by atoms with Crippen molar-refractivity contribution in [2.75, 3.05) is 0 Å². The van der Waals surface area contributed by atoms with E-state index in [2.05, 4.69) is 11.6 Å². The minimum Gasteiger partial charge on any atom is -0.477 e. The molecule has 1 N–H and O–H groups in total. The summed E-state index contributed by atoms with van der Waals surface area (Å²) in [6.07, 6.45) is 1.96. The maximum absolute atomic E-state index is 14.2. The number of carboxylic acid groups (broad SMARTS) is 1. The number of aromatic nitrogens is 2. The molecule has 0 radical (unpaired) electrons. The van der Waals surface area contributed by atoms with Gasteiger partial charge >= 0.3 is 5.97 Å². The summed E-state index contributed by atoms with van der Waals surface area (Å²) in [5.74, 6) is -4.30. The van der Waals surface area contributed by atoms with Crippen molar-refractivity contribution in [2.45, 2.75) is 0 Å². The van der Waals surface area contributed by atoms with Gasteiger partial charge in [-0.15, -0.1) is 0 Å². The molecule has 0 saturated heterocycles. The zero-order valence-corrected chi connectivity index (χ0v) is 12.5. The third-order valence-electron chi connectivity index (χ3n) is 3.55. The van der Waals surface area contributed by atoms with E-state index in [1.54, 1.807) is 0 Å². The summed E-state index contributed by atoms with van der Waals surface area (Å²) in [6, 6.07) is 3.42. The molecule has 0 aliphatic carbocycles. The average molecular weight is 346 g/mol.